The van der Waals surface area contributed by atoms with Crippen molar-refractivity contribution in [2.45, 2.75) is 6.92 Å². The van der Waals surface area contributed by atoms with E-state index in [4.69, 9.17) is 22.1 Å². The van der Waals surface area contributed by atoms with Gasteiger partial charge < -0.3 is 15.8 Å². The van der Waals surface area contributed by atoms with E-state index < -0.39 is 0 Å². The predicted molar refractivity (Wildman–Crippen MR) is 81.4 cm³/mol. The second kappa shape index (κ2) is 6.30. The van der Waals surface area contributed by atoms with E-state index in [-0.39, 0.29) is 5.91 Å². The Labute approximate surface area is 122 Å². The van der Waals surface area contributed by atoms with Gasteiger partial charge in [0, 0.05) is 5.69 Å². The molecule has 0 fully saturated rings. The lowest BCUT2D eigenvalue weighted by atomic mass is 10.2. The van der Waals surface area contributed by atoms with Gasteiger partial charge in [-0.15, -0.1) is 0 Å². The molecule has 0 atom stereocenters. The molecule has 0 aromatic heterocycles. The van der Waals surface area contributed by atoms with E-state index in [1.807, 2.05) is 13.0 Å². The van der Waals surface area contributed by atoms with Crippen molar-refractivity contribution in [2.24, 2.45) is 0 Å². The van der Waals surface area contributed by atoms with Gasteiger partial charge in [-0.05, 0) is 37.3 Å². The number of benzene rings is 2. The van der Waals surface area contributed by atoms with Gasteiger partial charge in [-0.2, -0.15) is 0 Å². The molecule has 4 nitrogen and oxygen atoms in total. The van der Waals surface area contributed by atoms with Crippen molar-refractivity contribution in [3.05, 3.63) is 53.1 Å². The van der Waals surface area contributed by atoms with Crippen molar-refractivity contribution in [3.63, 3.8) is 0 Å². The molecule has 0 unspecified atom stereocenters. The SMILES string of the molecule is CCOc1ccccc1C(=O)Nc1cc(N)ccc1Cl. The summed E-state index contributed by atoms with van der Waals surface area (Å²) < 4.78 is 5.43. The van der Waals surface area contributed by atoms with Gasteiger partial charge >= 0.3 is 0 Å². The molecule has 0 saturated heterocycles. The van der Waals surface area contributed by atoms with Crippen LogP contribution in [0.25, 0.3) is 0 Å². The van der Waals surface area contributed by atoms with E-state index in [2.05, 4.69) is 5.32 Å². The van der Waals surface area contributed by atoms with Crippen LogP contribution in [0, 0.1) is 0 Å². The van der Waals surface area contributed by atoms with Gasteiger partial charge in [-0.1, -0.05) is 23.7 Å². The number of nitrogen functional groups attached to an aromatic ring is 1. The van der Waals surface area contributed by atoms with Crippen LogP contribution in [0.3, 0.4) is 0 Å². The zero-order valence-electron chi connectivity index (χ0n) is 11.0. The second-order valence-electron chi connectivity index (χ2n) is 4.12. The molecule has 3 N–H and O–H groups in total. The topological polar surface area (TPSA) is 64.3 Å². The maximum absolute atomic E-state index is 12.3. The van der Waals surface area contributed by atoms with E-state index in [0.717, 1.165) is 0 Å². The predicted octanol–water partition coefficient (Wildman–Crippen LogP) is 3.57. The number of para-hydroxylation sites is 1. The third-order valence-electron chi connectivity index (χ3n) is 2.67. The maximum Gasteiger partial charge on any atom is 0.259 e. The Morgan fingerprint density at radius 1 is 1.30 bits per heavy atom. The Morgan fingerprint density at radius 3 is 2.80 bits per heavy atom. The smallest absolute Gasteiger partial charge is 0.259 e. The van der Waals surface area contributed by atoms with Crippen LogP contribution in [0.5, 0.6) is 5.75 Å². The van der Waals surface area contributed by atoms with E-state index in [1.165, 1.54) is 0 Å². The highest BCUT2D eigenvalue weighted by Gasteiger charge is 2.13. The van der Waals surface area contributed by atoms with Crippen LogP contribution in [-0.2, 0) is 0 Å². The molecule has 0 heterocycles. The molecule has 20 heavy (non-hydrogen) atoms. The normalized spacial score (nSPS) is 10.1. The van der Waals surface area contributed by atoms with Gasteiger partial charge in [0.25, 0.3) is 5.91 Å². The summed E-state index contributed by atoms with van der Waals surface area (Å²) in [5.74, 6) is 0.245. The number of carbonyl (C=O) groups is 1. The lowest BCUT2D eigenvalue weighted by molar-refractivity contribution is 0.102. The minimum absolute atomic E-state index is 0.290. The minimum Gasteiger partial charge on any atom is -0.493 e. The zero-order chi connectivity index (χ0) is 14.5. The second-order valence-corrected chi connectivity index (χ2v) is 4.53. The summed E-state index contributed by atoms with van der Waals surface area (Å²) in [6.45, 7) is 2.35. The summed E-state index contributed by atoms with van der Waals surface area (Å²) in [6, 6.07) is 12.0. The molecule has 104 valence electrons. The van der Waals surface area contributed by atoms with Crippen LogP contribution in [-0.4, -0.2) is 12.5 Å². The lowest BCUT2D eigenvalue weighted by Gasteiger charge is -2.11. The molecule has 0 radical (unpaired) electrons. The van der Waals surface area contributed by atoms with Crippen molar-refractivity contribution >= 4 is 28.9 Å². The third kappa shape index (κ3) is 3.22. The third-order valence-corrected chi connectivity index (χ3v) is 3.00. The summed E-state index contributed by atoms with van der Waals surface area (Å²) in [6.07, 6.45) is 0. The summed E-state index contributed by atoms with van der Waals surface area (Å²) in [5.41, 5.74) is 7.14. The van der Waals surface area contributed by atoms with Gasteiger partial charge in [0.2, 0.25) is 0 Å². The Morgan fingerprint density at radius 2 is 2.05 bits per heavy atom. The van der Waals surface area contributed by atoms with E-state index in [9.17, 15) is 4.79 Å². The number of anilines is 2. The molecular formula is C15H15ClN2O2. The first-order chi connectivity index (χ1) is 9.61. The fraction of sp³-hybridized carbons (Fsp3) is 0.133. The quantitative estimate of drug-likeness (QED) is 0.846. The Balaban J connectivity index is 2.26. The molecule has 2 rings (SSSR count). The number of ether oxygens (including phenoxy) is 1. The van der Waals surface area contributed by atoms with E-state index in [1.54, 1.807) is 36.4 Å². The van der Waals surface area contributed by atoms with Crippen molar-refractivity contribution < 1.29 is 9.53 Å². The largest absolute Gasteiger partial charge is 0.493 e. The monoisotopic (exact) mass is 290 g/mol. The molecule has 5 heteroatoms. The Kier molecular flexibility index (Phi) is 4.48. The standard InChI is InChI=1S/C15H15ClN2O2/c1-2-20-14-6-4-3-5-11(14)15(19)18-13-9-10(17)7-8-12(13)16/h3-9H,2,17H2,1H3,(H,18,19). The number of hydrogen-bond donors (Lipinski definition) is 2. The Bertz CT molecular complexity index is 629. The van der Waals surface area contributed by atoms with Crippen molar-refractivity contribution in [1.82, 2.24) is 0 Å². The lowest BCUT2D eigenvalue weighted by Crippen LogP contribution is -2.14. The van der Waals surface area contributed by atoms with Crippen LogP contribution < -0.4 is 15.8 Å². The molecule has 0 aliphatic rings. The number of rotatable bonds is 4. The molecule has 0 saturated carbocycles. The number of amides is 1. The number of halogens is 1. The number of nitrogens with two attached hydrogens (primary N) is 1. The number of hydrogen-bond acceptors (Lipinski definition) is 3. The fourth-order valence-corrected chi connectivity index (χ4v) is 1.93. The van der Waals surface area contributed by atoms with Crippen LogP contribution in [0.15, 0.2) is 42.5 Å². The van der Waals surface area contributed by atoms with Crippen LogP contribution in [0.4, 0.5) is 11.4 Å². The van der Waals surface area contributed by atoms with Crippen molar-refractivity contribution in [3.8, 4) is 5.75 Å². The van der Waals surface area contributed by atoms with Gasteiger partial charge in [-0.3, -0.25) is 4.79 Å². The van der Waals surface area contributed by atoms with Gasteiger partial charge in [0.05, 0.1) is 22.9 Å². The minimum atomic E-state index is -0.290. The summed E-state index contributed by atoms with van der Waals surface area (Å²) in [4.78, 5) is 12.3. The molecule has 0 bridgehead atoms. The average molecular weight is 291 g/mol. The first-order valence-corrected chi connectivity index (χ1v) is 6.58. The first kappa shape index (κ1) is 14.2. The highest BCUT2D eigenvalue weighted by atomic mass is 35.5. The molecular weight excluding hydrogens is 276 g/mol. The van der Waals surface area contributed by atoms with Gasteiger partial charge in [-0.25, -0.2) is 0 Å². The fourth-order valence-electron chi connectivity index (χ4n) is 1.76. The van der Waals surface area contributed by atoms with Crippen molar-refractivity contribution in [2.75, 3.05) is 17.7 Å². The highest BCUT2D eigenvalue weighted by molar-refractivity contribution is 6.34. The van der Waals surface area contributed by atoms with Crippen molar-refractivity contribution in [1.29, 1.82) is 0 Å². The molecule has 2 aromatic carbocycles. The molecule has 0 aliphatic carbocycles. The van der Waals surface area contributed by atoms with Crippen LogP contribution in [0.1, 0.15) is 17.3 Å². The maximum atomic E-state index is 12.3. The highest BCUT2D eigenvalue weighted by Crippen LogP contribution is 2.26. The molecule has 0 aliphatic heterocycles. The average Bonchev–Trinajstić information content (AvgIpc) is 2.44. The van der Waals surface area contributed by atoms with Gasteiger partial charge in [0.15, 0.2) is 0 Å². The Hall–Kier alpha value is -2.20. The van der Waals surface area contributed by atoms with Crippen LogP contribution in [0.2, 0.25) is 5.02 Å². The van der Waals surface area contributed by atoms with Gasteiger partial charge in [0.1, 0.15) is 5.75 Å². The summed E-state index contributed by atoms with van der Waals surface area (Å²) in [7, 11) is 0. The van der Waals surface area contributed by atoms with E-state index >= 15 is 0 Å². The molecule has 1 amide bonds. The summed E-state index contributed by atoms with van der Waals surface area (Å²) >= 11 is 6.03. The van der Waals surface area contributed by atoms with E-state index in [0.29, 0.717) is 34.3 Å². The zero-order valence-corrected chi connectivity index (χ0v) is 11.8. The summed E-state index contributed by atoms with van der Waals surface area (Å²) in [5, 5.41) is 3.17. The number of nitrogens with one attached hydrogen (secondary N) is 1. The molecule has 0 spiro atoms. The number of carbonyl (C=O) groups excluding carboxylic acids is 1. The van der Waals surface area contributed by atoms with Crippen LogP contribution >= 0.6 is 11.6 Å². The molecule has 2 aromatic rings. The first-order valence-electron chi connectivity index (χ1n) is 6.20.